The second-order valence-electron chi connectivity index (χ2n) is 8.06. The number of likely N-dealkylation sites (tertiary alicyclic amines) is 1. The largest absolute Gasteiger partial charge is 0.493 e. The molecule has 2 aromatic heterocycles. The van der Waals surface area contributed by atoms with E-state index in [4.69, 9.17) is 14.2 Å². The van der Waals surface area contributed by atoms with Crippen molar-refractivity contribution in [2.45, 2.75) is 12.8 Å². The summed E-state index contributed by atoms with van der Waals surface area (Å²) in [6.07, 6.45) is 5.66. The molecule has 1 saturated heterocycles. The number of nitrogens with zero attached hydrogens (tertiary/aromatic N) is 3. The number of nitrogens with one attached hydrogen (secondary N) is 1. The van der Waals surface area contributed by atoms with Gasteiger partial charge in [-0.2, -0.15) is 0 Å². The smallest absolute Gasteiger partial charge is 0.230 e. The van der Waals surface area contributed by atoms with Crippen molar-refractivity contribution >= 4 is 21.8 Å². The van der Waals surface area contributed by atoms with Crippen molar-refractivity contribution in [2.24, 2.45) is 5.92 Å². The number of H-pyrrole nitrogens is 1. The zero-order chi connectivity index (χ0) is 21.2. The molecule has 0 saturated carbocycles. The van der Waals surface area contributed by atoms with Crippen LogP contribution in [-0.4, -0.2) is 53.7 Å². The van der Waals surface area contributed by atoms with Crippen LogP contribution in [0, 0.1) is 5.92 Å². The second kappa shape index (κ2) is 8.43. The monoisotopic (exact) mass is 418 g/mol. The van der Waals surface area contributed by atoms with E-state index in [-0.39, 0.29) is 0 Å². The third-order valence-corrected chi connectivity index (χ3v) is 5.95. The fourth-order valence-electron chi connectivity index (χ4n) is 4.06. The van der Waals surface area contributed by atoms with Crippen molar-refractivity contribution in [3.8, 4) is 23.1 Å². The van der Waals surface area contributed by atoms with Crippen molar-refractivity contribution in [3.05, 3.63) is 48.9 Å². The molecule has 2 aromatic carbocycles. The van der Waals surface area contributed by atoms with E-state index in [0.29, 0.717) is 29.9 Å². The fourth-order valence-corrected chi connectivity index (χ4v) is 4.06. The molecule has 160 valence electrons. The third-order valence-electron chi connectivity index (χ3n) is 5.95. The van der Waals surface area contributed by atoms with Gasteiger partial charge in [0.1, 0.15) is 6.33 Å². The maximum absolute atomic E-state index is 6.17. The maximum atomic E-state index is 6.17. The molecule has 0 radical (unpaired) electrons. The number of para-hydroxylation sites is 1. The molecule has 7 nitrogen and oxygen atoms in total. The molecule has 5 rings (SSSR count). The normalized spacial score (nSPS) is 15.4. The number of methoxy groups -OCH3 is 1. The molecule has 1 aliphatic heterocycles. The van der Waals surface area contributed by atoms with Gasteiger partial charge in [0.2, 0.25) is 5.88 Å². The average Bonchev–Trinajstić information content (AvgIpc) is 3.21. The van der Waals surface area contributed by atoms with E-state index >= 15 is 0 Å². The lowest BCUT2D eigenvalue weighted by Crippen LogP contribution is -2.32. The summed E-state index contributed by atoms with van der Waals surface area (Å²) in [5.74, 6) is 3.11. The minimum atomic E-state index is 0.481. The first-order valence-electron chi connectivity index (χ1n) is 10.6. The van der Waals surface area contributed by atoms with Gasteiger partial charge in [-0.05, 0) is 57.1 Å². The van der Waals surface area contributed by atoms with Crippen molar-refractivity contribution in [2.75, 3.05) is 33.9 Å². The molecule has 0 atom stereocenters. The SMILES string of the molecule is COc1cc2c(Oc3c[nH]c4ccccc34)ncnc2cc1OCC1CCN(C)CC1. The lowest BCUT2D eigenvalue weighted by molar-refractivity contribution is 0.157. The molecule has 0 amide bonds. The lowest BCUT2D eigenvalue weighted by Gasteiger charge is -2.28. The number of aromatic amines is 1. The molecule has 0 aliphatic carbocycles. The first kappa shape index (κ1) is 19.6. The van der Waals surface area contributed by atoms with Gasteiger partial charge < -0.3 is 24.1 Å². The van der Waals surface area contributed by atoms with Crippen LogP contribution < -0.4 is 14.2 Å². The number of hydrogen-bond donors (Lipinski definition) is 1. The highest BCUT2D eigenvalue weighted by Crippen LogP contribution is 2.37. The Morgan fingerprint density at radius 2 is 1.87 bits per heavy atom. The average molecular weight is 418 g/mol. The van der Waals surface area contributed by atoms with Crippen LogP contribution >= 0.6 is 0 Å². The summed E-state index contributed by atoms with van der Waals surface area (Å²) in [5.41, 5.74) is 1.77. The molecule has 1 aliphatic rings. The zero-order valence-corrected chi connectivity index (χ0v) is 17.8. The summed E-state index contributed by atoms with van der Waals surface area (Å²) < 4.78 is 18.0. The summed E-state index contributed by atoms with van der Waals surface area (Å²) in [6, 6.07) is 11.8. The maximum Gasteiger partial charge on any atom is 0.230 e. The van der Waals surface area contributed by atoms with Gasteiger partial charge in [-0.1, -0.05) is 12.1 Å². The van der Waals surface area contributed by atoms with Gasteiger partial charge in [0.25, 0.3) is 0 Å². The van der Waals surface area contributed by atoms with Gasteiger partial charge >= 0.3 is 0 Å². The Kier molecular flexibility index (Phi) is 5.34. The Hall–Kier alpha value is -3.32. The van der Waals surface area contributed by atoms with Crippen molar-refractivity contribution in [3.63, 3.8) is 0 Å². The topological polar surface area (TPSA) is 72.5 Å². The van der Waals surface area contributed by atoms with Crippen molar-refractivity contribution < 1.29 is 14.2 Å². The van der Waals surface area contributed by atoms with Gasteiger partial charge in [-0.25, -0.2) is 9.97 Å². The van der Waals surface area contributed by atoms with Gasteiger partial charge in [0.15, 0.2) is 17.2 Å². The van der Waals surface area contributed by atoms with Gasteiger partial charge in [-0.15, -0.1) is 0 Å². The first-order valence-corrected chi connectivity index (χ1v) is 10.6. The molecule has 4 aromatic rings. The van der Waals surface area contributed by atoms with E-state index in [0.717, 1.165) is 53.5 Å². The number of piperidine rings is 1. The Labute approximate surface area is 181 Å². The molecule has 1 N–H and O–H groups in total. The Morgan fingerprint density at radius 1 is 1.03 bits per heavy atom. The van der Waals surface area contributed by atoms with Crippen LogP contribution in [0.4, 0.5) is 0 Å². The van der Waals surface area contributed by atoms with Crippen LogP contribution in [0.15, 0.2) is 48.9 Å². The Bertz CT molecular complexity index is 1200. The van der Waals surface area contributed by atoms with Gasteiger partial charge in [0, 0.05) is 23.2 Å². The zero-order valence-electron chi connectivity index (χ0n) is 17.8. The molecule has 0 spiro atoms. The molecule has 0 bridgehead atoms. The fraction of sp³-hybridized carbons (Fsp3) is 0.333. The summed E-state index contributed by atoms with van der Waals surface area (Å²) in [6.45, 7) is 2.91. The second-order valence-corrected chi connectivity index (χ2v) is 8.06. The van der Waals surface area contributed by atoms with Crippen LogP contribution in [0.25, 0.3) is 21.8 Å². The van der Waals surface area contributed by atoms with Crippen molar-refractivity contribution in [1.82, 2.24) is 19.9 Å². The number of benzene rings is 2. The molecule has 0 unspecified atom stereocenters. The summed E-state index contributed by atoms with van der Waals surface area (Å²) in [4.78, 5) is 14.4. The van der Waals surface area contributed by atoms with Crippen LogP contribution in [0.1, 0.15) is 12.8 Å². The predicted molar refractivity (Wildman–Crippen MR) is 120 cm³/mol. The summed E-state index contributed by atoms with van der Waals surface area (Å²) >= 11 is 0. The number of rotatable bonds is 6. The third kappa shape index (κ3) is 4.01. The standard InChI is InChI=1S/C24H26N4O3/c1-28-9-7-16(8-10-28)14-30-22-12-20-18(11-21(22)29-2)24(27-15-26-20)31-23-13-25-19-6-4-3-5-17(19)23/h3-6,11-13,15-16,25H,7-10,14H2,1-2H3. The van der Waals surface area contributed by atoms with Crippen LogP contribution in [-0.2, 0) is 0 Å². The Balaban J connectivity index is 1.42. The van der Waals surface area contributed by atoms with Gasteiger partial charge in [0.05, 0.1) is 24.6 Å². The minimum absolute atomic E-state index is 0.481. The van der Waals surface area contributed by atoms with Crippen LogP contribution in [0.5, 0.6) is 23.1 Å². The minimum Gasteiger partial charge on any atom is -0.493 e. The highest BCUT2D eigenvalue weighted by atomic mass is 16.5. The molecule has 1 fully saturated rings. The van der Waals surface area contributed by atoms with E-state index in [1.807, 2.05) is 42.6 Å². The van der Waals surface area contributed by atoms with Gasteiger partial charge in [-0.3, -0.25) is 0 Å². The molecule has 7 heteroatoms. The highest BCUT2D eigenvalue weighted by molar-refractivity contribution is 5.89. The van der Waals surface area contributed by atoms with E-state index in [1.54, 1.807) is 7.11 Å². The molecule has 31 heavy (non-hydrogen) atoms. The number of ether oxygens (including phenoxy) is 3. The van der Waals surface area contributed by atoms with Crippen LogP contribution in [0.2, 0.25) is 0 Å². The number of aromatic nitrogens is 3. The predicted octanol–water partition coefficient (Wildman–Crippen LogP) is 4.63. The molecular formula is C24H26N4O3. The number of hydrogen-bond acceptors (Lipinski definition) is 6. The van der Waals surface area contributed by atoms with E-state index in [1.165, 1.54) is 6.33 Å². The quantitative estimate of drug-likeness (QED) is 0.492. The lowest BCUT2D eigenvalue weighted by atomic mass is 9.98. The molecular weight excluding hydrogens is 392 g/mol. The van der Waals surface area contributed by atoms with Crippen molar-refractivity contribution in [1.29, 1.82) is 0 Å². The van der Waals surface area contributed by atoms with E-state index < -0.39 is 0 Å². The number of fused-ring (bicyclic) bond motifs is 2. The van der Waals surface area contributed by atoms with E-state index in [9.17, 15) is 0 Å². The summed E-state index contributed by atoms with van der Waals surface area (Å²) in [7, 11) is 3.81. The Morgan fingerprint density at radius 3 is 2.71 bits per heavy atom. The highest BCUT2D eigenvalue weighted by Gasteiger charge is 2.19. The first-order chi connectivity index (χ1) is 15.2. The van der Waals surface area contributed by atoms with Crippen LogP contribution in [0.3, 0.4) is 0 Å². The summed E-state index contributed by atoms with van der Waals surface area (Å²) in [5, 5.41) is 1.77. The van der Waals surface area contributed by atoms with E-state index in [2.05, 4.69) is 26.9 Å². The molecule has 3 heterocycles.